The van der Waals surface area contributed by atoms with Crippen molar-refractivity contribution >= 4 is 11.6 Å². The third kappa shape index (κ3) is 2.35. The van der Waals surface area contributed by atoms with Gasteiger partial charge in [-0.25, -0.2) is 0 Å². The molecule has 0 aromatic heterocycles. The van der Waals surface area contributed by atoms with Crippen molar-refractivity contribution in [1.29, 1.82) is 0 Å². The van der Waals surface area contributed by atoms with Crippen LogP contribution in [-0.4, -0.2) is 17.6 Å². The third-order valence-corrected chi connectivity index (χ3v) is 4.79. The van der Waals surface area contributed by atoms with E-state index in [1.165, 1.54) is 19.3 Å². The lowest BCUT2D eigenvalue weighted by molar-refractivity contribution is -0.117. The molecular formula is C17H23NO2. The minimum atomic E-state index is -0.369. The van der Waals surface area contributed by atoms with Gasteiger partial charge in [0.2, 0.25) is 5.91 Å². The Morgan fingerprint density at radius 2 is 2.05 bits per heavy atom. The molecule has 1 amide bonds. The molecule has 1 saturated carbocycles. The topological polar surface area (TPSA) is 40.5 Å². The van der Waals surface area contributed by atoms with Crippen LogP contribution in [0.5, 0.6) is 0 Å². The molecule has 3 heteroatoms. The molecule has 0 saturated heterocycles. The lowest BCUT2D eigenvalue weighted by atomic mass is 9.82. The Kier molecular flexibility index (Phi) is 3.79. The molecule has 1 aromatic rings. The molecule has 3 nitrogen and oxygen atoms in total. The van der Waals surface area contributed by atoms with Crippen LogP contribution in [0.2, 0.25) is 0 Å². The van der Waals surface area contributed by atoms with Crippen LogP contribution < -0.4 is 4.90 Å². The Morgan fingerprint density at radius 3 is 2.75 bits per heavy atom. The van der Waals surface area contributed by atoms with Gasteiger partial charge in [-0.2, -0.15) is 0 Å². The molecule has 0 radical (unpaired) electrons. The fourth-order valence-electron chi connectivity index (χ4n) is 3.66. The van der Waals surface area contributed by atoms with Gasteiger partial charge in [0, 0.05) is 12.2 Å². The summed E-state index contributed by atoms with van der Waals surface area (Å²) in [5.74, 6) is 0.563. The Bertz CT molecular complexity index is 506. The first-order valence-electron chi connectivity index (χ1n) is 7.82. The molecule has 1 fully saturated rings. The van der Waals surface area contributed by atoms with Gasteiger partial charge in [0.15, 0.2) is 0 Å². The monoisotopic (exact) mass is 273 g/mol. The van der Waals surface area contributed by atoms with Crippen LogP contribution in [0.4, 0.5) is 5.69 Å². The third-order valence-electron chi connectivity index (χ3n) is 4.79. The number of rotatable bonds is 3. The summed E-state index contributed by atoms with van der Waals surface area (Å²) < 4.78 is 0. The van der Waals surface area contributed by atoms with Crippen LogP contribution in [0.15, 0.2) is 18.2 Å². The molecule has 1 aliphatic carbocycles. The molecule has 2 aliphatic rings. The minimum Gasteiger partial charge on any atom is -0.388 e. The summed E-state index contributed by atoms with van der Waals surface area (Å²) in [5.41, 5.74) is 3.09. The summed E-state index contributed by atoms with van der Waals surface area (Å²) in [6, 6.07) is 6.05. The first-order chi connectivity index (χ1) is 9.70. The second-order valence-electron chi connectivity index (χ2n) is 6.05. The second-order valence-corrected chi connectivity index (χ2v) is 6.05. The van der Waals surface area contributed by atoms with Crippen LogP contribution >= 0.6 is 0 Å². The van der Waals surface area contributed by atoms with E-state index in [0.29, 0.717) is 12.3 Å². The molecule has 1 heterocycles. The number of hydrogen-bond donors (Lipinski definition) is 1. The number of fused-ring (bicyclic) bond motifs is 1. The number of benzene rings is 1. The van der Waals surface area contributed by atoms with Crippen LogP contribution in [-0.2, 0) is 11.2 Å². The SMILES string of the molecule is CCN1C(=O)Cc2cc(C(O)C3CCCCC3)ccc21. The van der Waals surface area contributed by atoms with Crippen molar-refractivity contribution in [2.75, 3.05) is 11.4 Å². The average molecular weight is 273 g/mol. The van der Waals surface area contributed by atoms with Gasteiger partial charge in [-0.15, -0.1) is 0 Å². The first-order valence-corrected chi connectivity index (χ1v) is 7.82. The Labute approximate surface area is 120 Å². The lowest BCUT2D eigenvalue weighted by Gasteiger charge is -2.27. The largest absolute Gasteiger partial charge is 0.388 e. The summed E-state index contributed by atoms with van der Waals surface area (Å²) in [5, 5.41) is 10.6. The van der Waals surface area contributed by atoms with Crippen LogP contribution in [0.3, 0.4) is 0 Å². The van der Waals surface area contributed by atoms with E-state index in [1.807, 2.05) is 30.0 Å². The molecule has 20 heavy (non-hydrogen) atoms. The average Bonchev–Trinajstić information content (AvgIpc) is 2.81. The van der Waals surface area contributed by atoms with Gasteiger partial charge in [0.05, 0.1) is 12.5 Å². The maximum atomic E-state index is 11.9. The van der Waals surface area contributed by atoms with Gasteiger partial charge in [-0.3, -0.25) is 4.79 Å². The van der Waals surface area contributed by atoms with Crippen molar-refractivity contribution in [3.8, 4) is 0 Å². The highest BCUT2D eigenvalue weighted by molar-refractivity contribution is 6.01. The number of hydrogen-bond acceptors (Lipinski definition) is 2. The predicted molar refractivity (Wildman–Crippen MR) is 79.7 cm³/mol. The zero-order valence-electron chi connectivity index (χ0n) is 12.1. The summed E-state index contributed by atoms with van der Waals surface area (Å²) in [6.07, 6.45) is 6.12. The van der Waals surface area contributed by atoms with E-state index < -0.39 is 0 Å². The van der Waals surface area contributed by atoms with E-state index in [4.69, 9.17) is 0 Å². The number of aliphatic hydroxyl groups is 1. The molecule has 1 atom stereocenters. The predicted octanol–water partition coefficient (Wildman–Crippen LogP) is 3.21. The maximum absolute atomic E-state index is 11.9. The summed E-state index contributed by atoms with van der Waals surface area (Å²) in [4.78, 5) is 13.7. The van der Waals surface area contributed by atoms with E-state index in [1.54, 1.807) is 0 Å². The highest BCUT2D eigenvalue weighted by Gasteiger charge is 2.28. The zero-order valence-corrected chi connectivity index (χ0v) is 12.1. The number of anilines is 1. The smallest absolute Gasteiger partial charge is 0.231 e. The fourth-order valence-corrected chi connectivity index (χ4v) is 3.66. The number of aliphatic hydroxyl groups excluding tert-OH is 1. The molecule has 1 unspecified atom stereocenters. The molecule has 1 N–H and O–H groups in total. The standard InChI is InChI=1S/C17H23NO2/c1-2-18-15-9-8-13(10-14(15)11-16(18)19)17(20)12-6-4-3-5-7-12/h8-10,12,17,20H,2-7,11H2,1H3. The highest BCUT2D eigenvalue weighted by atomic mass is 16.3. The maximum Gasteiger partial charge on any atom is 0.231 e. The number of amides is 1. The van der Waals surface area contributed by atoms with Gasteiger partial charge in [-0.05, 0) is 42.9 Å². The number of carbonyl (C=O) groups excluding carboxylic acids is 1. The number of nitrogens with zero attached hydrogens (tertiary/aromatic N) is 1. The van der Waals surface area contributed by atoms with Crippen molar-refractivity contribution in [1.82, 2.24) is 0 Å². The quantitative estimate of drug-likeness (QED) is 0.918. The van der Waals surface area contributed by atoms with Gasteiger partial charge in [0.25, 0.3) is 0 Å². The van der Waals surface area contributed by atoms with Crippen molar-refractivity contribution in [2.24, 2.45) is 5.92 Å². The van der Waals surface area contributed by atoms with Crippen LogP contribution in [0.25, 0.3) is 0 Å². The molecule has 1 aromatic carbocycles. The van der Waals surface area contributed by atoms with Gasteiger partial charge in [0.1, 0.15) is 0 Å². The molecule has 1 aliphatic heterocycles. The summed E-state index contributed by atoms with van der Waals surface area (Å²) in [7, 11) is 0. The fraction of sp³-hybridized carbons (Fsp3) is 0.588. The zero-order chi connectivity index (χ0) is 14.1. The second kappa shape index (κ2) is 5.57. The van der Waals surface area contributed by atoms with Crippen molar-refractivity contribution < 1.29 is 9.90 Å². The van der Waals surface area contributed by atoms with Gasteiger partial charge in [-0.1, -0.05) is 31.4 Å². The van der Waals surface area contributed by atoms with Crippen molar-refractivity contribution in [2.45, 2.75) is 51.6 Å². The van der Waals surface area contributed by atoms with E-state index in [-0.39, 0.29) is 12.0 Å². The summed E-state index contributed by atoms with van der Waals surface area (Å²) in [6.45, 7) is 2.72. The van der Waals surface area contributed by atoms with Crippen LogP contribution in [0, 0.1) is 5.92 Å². The number of likely N-dealkylation sites (N-methyl/N-ethyl adjacent to an activating group) is 1. The van der Waals surface area contributed by atoms with Crippen molar-refractivity contribution in [3.63, 3.8) is 0 Å². The lowest BCUT2D eigenvalue weighted by Crippen LogP contribution is -2.25. The normalized spacial score (nSPS) is 21.1. The van der Waals surface area contributed by atoms with Crippen LogP contribution in [0.1, 0.15) is 56.3 Å². The van der Waals surface area contributed by atoms with E-state index >= 15 is 0 Å². The van der Waals surface area contributed by atoms with E-state index in [0.717, 1.165) is 36.2 Å². The molecule has 0 spiro atoms. The van der Waals surface area contributed by atoms with E-state index in [9.17, 15) is 9.90 Å². The highest BCUT2D eigenvalue weighted by Crippen LogP contribution is 2.37. The molecule has 108 valence electrons. The number of carbonyl (C=O) groups is 1. The summed E-state index contributed by atoms with van der Waals surface area (Å²) >= 11 is 0. The molecule has 3 rings (SSSR count). The Morgan fingerprint density at radius 1 is 1.30 bits per heavy atom. The Balaban J connectivity index is 1.82. The first kappa shape index (κ1) is 13.6. The molecular weight excluding hydrogens is 250 g/mol. The van der Waals surface area contributed by atoms with Crippen molar-refractivity contribution in [3.05, 3.63) is 29.3 Å². The molecule has 0 bridgehead atoms. The van der Waals surface area contributed by atoms with Gasteiger partial charge >= 0.3 is 0 Å². The van der Waals surface area contributed by atoms with E-state index in [2.05, 4.69) is 0 Å². The Hall–Kier alpha value is -1.35. The minimum absolute atomic E-state index is 0.173. The van der Waals surface area contributed by atoms with Gasteiger partial charge < -0.3 is 10.0 Å².